The number of hydrogen-bond donors (Lipinski definition) is 0. The van der Waals surface area contributed by atoms with Crippen LogP contribution in [0.1, 0.15) is 34.3 Å². The molecule has 1 unspecified atom stereocenters. The van der Waals surface area contributed by atoms with E-state index in [-0.39, 0.29) is 5.78 Å². The molecule has 0 spiro atoms. The molecule has 0 aliphatic rings. The van der Waals surface area contributed by atoms with Gasteiger partial charge in [-0.25, -0.2) is 4.79 Å². The minimum Gasteiger partial charge on any atom is -0.465 e. The second-order valence-corrected chi connectivity index (χ2v) is 4.53. The molecule has 2 rings (SSSR count). The van der Waals surface area contributed by atoms with Gasteiger partial charge in [-0.1, -0.05) is 48.5 Å². The maximum Gasteiger partial charge on any atom is 0.338 e. The fourth-order valence-electron chi connectivity index (χ4n) is 2.32. The zero-order valence-corrected chi connectivity index (χ0v) is 11.5. The van der Waals surface area contributed by atoms with Gasteiger partial charge in [-0.2, -0.15) is 0 Å². The molecule has 2 aromatic carbocycles. The predicted molar refractivity (Wildman–Crippen MR) is 76.7 cm³/mol. The van der Waals surface area contributed by atoms with Crippen LogP contribution in [0.4, 0.5) is 0 Å². The van der Waals surface area contributed by atoms with Gasteiger partial charge in [0.2, 0.25) is 0 Å². The lowest BCUT2D eigenvalue weighted by atomic mass is 9.85. The van der Waals surface area contributed by atoms with E-state index in [1.54, 1.807) is 18.2 Å². The number of esters is 1. The summed E-state index contributed by atoms with van der Waals surface area (Å²) in [6, 6.07) is 16.5. The SMILES string of the molecule is COC(=O)c1ccccc1C(C(C)=O)c1ccccc1. The number of rotatable bonds is 4. The Morgan fingerprint density at radius 3 is 2.15 bits per heavy atom. The van der Waals surface area contributed by atoms with Crippen LogP contribution in [0.5, 0.6) is 0 Å². The minimum absolute atomic E-state index is 0.00690. The van der Waals surface area contributed by atoms with Gasteiger partial charge in [0.25, 0.3) is 0 Å². The highest BCUT2D eigenvalue weighted by Crippen LogP contribution is 2.28. The van der Waals surface area contributed by atoms with Crippen LogP contribution in [0.15, 0.2) is 54.6 Å². The first-order valence-corrected chi connectivity index (χ1v) is 6.37. The van der Waals surface area contributed by atoms with Crippen molar-refractivity contribution in [1.82, 2.24) is 0 Å². The van der Waals surface area contributed by atoms with Crippen molar-refractivity contribution < 1.29 is 14.3 Å². The highest BCUT2D eigenvalue weighted by Gasteiger charge is 2.24. The summed E-state index contributed by atoms with van der Waals surface area (Å²) in [6.07, 6.45) is 0. The molecule has 3 heteroatoms. The van der Waals surface area contributed by atoms with Gasteiger partial charge in [-0.15, -0.1) is 0 Å². The average molecular weight is 268 g/mol. The van der Waals surface area contributed by atoms with Crippen molar-refractivity contribution in [2.75, 3.05) is 7.11 Å². The highest BCUT2D eigenvalue weighted by atomic mass is 16.5. The van der Waals surface area contributed by atoms with E-state index in [4.69, 9.17) is 4.74 Å². The molecule has 0 N–H and O–H groups in total. The Morgan fingerprint density at radius 1 is 0.950 bits per heavy atom. The van der Waals surface area contributed by atoms with E-state index >= 15 is 0 Å². The standard InChI is InChI=1S/C17H16O3/c1-12(18)16(13-8-4-3-5-9-13)14-10-6-7-11-15(14)17(19)20-2/h3-11,16H,1-2H3. The predicted octanol–water partition coefficient (Wildman–Crippen LogP) is 3.19. The lowest BCUT2D eigenvalue weighted by Gasteiger charge is -2.17. The van der Waals surface area contributed by atoms with Gasteiger partial charge in [0.1, 0.15) is 5.78 Å². The van der Waals surface area contributed by atoms with E-state index in [1.807, 2.05) is 36.4 Å². The number of methoxy groups -OCH3 is 1. The van der Waals surface area contributed by atoms with E-state index in [9.17, 15) is 9.59 Å². The first kappa shape index (κ1) is 14.0. The molecule has 0 radical (unpaired) electrons. The van der Waals surface area contributed by atoms with Crippen LogP contribution in [-0.2, 0) is 9.53 Å². The molecular weight excluding hydrogens is 252 g/mol. The third-order valence-corrected chi connectivity index (χ3v) is 3.22. The molecule has 20 heavy (non-hydrogen) atoms. The van der Waals surface area contributed by atoms with E-state index in [0.29, 0.717) is 11.1 Å². The second-order valence-electron chi connectivity index (χ2n) is 4.53. The fraction of sp³-hybridized carbons (Fsp3) is 0.176. The fourth-order valence-corrected chi connectivity index (χ4v) is 2.32. The number of carbonyl (C=O) groups is 2. The number of ketones is 1. The first-order chi connectivity index (χ1) is 9.65. The normalized spacial score (nSPS) is 11.7. The third kappa shape index (κ3) is 2.77. The minimum atomic E-state index is -0.452. The van der Waals surface area contributed by atoms with E-state index in [2.05, 4.69) is 0 Å². The van der Waals surface area contributed by atoms with Gasteiger partial charge in [-0.05, 0) is 24.1 Å². The Kier molecular flexibility index (Phi) is 4.31. The first-order valence-electron chi connectivity index (χ1n) is 6.37. The monoisotopic (exact) mass is 268 g/mol. The van der Waals surface area contributed by atoms with Gasteiger partial charge in [-0.3, -0.25) is 4.79 Å². The Balaban J connectivity index is 2.57. The molecule has 0 saturated carbocycles. The highest BCUT2D eigenvalue weighted by molar-refractivity contribution is 5.95. The lowest BCUT2D eigenvalue weighted by Crippen LogP contribution is -2.15. The van der Waals surface area contributed by atoms with E-state index in [0.717, 1.165) is 5.56 Å². The van der Waals surface area contributed by atoms with Crippen LogP contribution in [0.2, 0.25) is 0 Å². The van der Waals surface area contributed by atoms with Crippen LogP contribution in [0.3, 0.4) is 0 Å². The Bertz CT molecular complexity index is 617. The van der Waals surface area contributed by atoms with Crippen LogP contribution < -0.4 is 0 Å². The molecule has 0 amide bonds. The molecule has 0 saturated heterocycles. The van der Waals surface area contributed by atoms with Crippen molar-refractivity contribution in [2.45, 2.75) is 12.8 Å². The summed E-state index contributed by atoms with van der Waals surface area (Å²) in [4.78, 5) is 23.9. The van der Waals surface area contributed by atoms with Crippen molar-refractivity contribution in [3.05, 3.63) is 71.3 Å². The maximum atomic E-state index is 12.1. The van der Waals surface area contributed by atoms with Gasteiger partial charge in [0, 0.05) is 0 Å². The van der Waals surface area contributed by atoms with Crippen LogP contribution in [0, 0.1) is 0 Å². The number of Topliss-reactive ketones (excluding diaryl/α,β-unsaturated/α-hetero) is 1. The number of ether oxygens (including phenoxy) is 1. The van der Waals surface area contributed by atoms with E-state index < -0.39 is 11.9 Å². The quantitative estimate of drug-likeness (QED) is 0.800. The summed E-state index contributed by atoms with van der Waals surface area (Å²) >= 11 is 0. The molecule has 3 nitrogen and oxygen atoms in total. The largest absolute Gasteiger partial charge is 0.465 e. The van der Waals surface area contributed by atoms with Crippen molar-refractivity contribution in [1.29, 1.82) is 0 Å². The topological polar surface area (TPSA) is 43.4 Å². The summed E-state index contributed by atoms with van der Waals surface area (Å²) < 4.78 is 4.79. The zero-order valence-electron chi connectivity index (χ0n) is 11.5. The second kappa shape index (κ2) is 6.15. The smallest absolute Gasteiger partial charge is 0.338 e. The number of benzene rings is 2. The van der Waals surface area contributed by atoms with Gasteiger partial charge >= 0.3 is 5.97 Å². The number of carbonyl (C=O) groups excluding carboxylic acids is 2. The van der Waals surface area contributed by atoms with E-state index in [1.165, 1.54) is 14.0 Å². The van der Waals surface area contributed by atoms with Crippen molar-refractivity contribution >= 4 is 11.8 Å². The Labute approximate surface area is 118 Å². The van der Waals surface area contributed by atoms with Crippen molar-refractivity contribution in [3.63, 3.8) is 0 Å². The summed E-state index contributed by atoms with van der Waals surface area (Å²) in [5.74, 6) is -0.887. The molecule has 0 aliphatic heterocycles. The summed E-state index contributed by atoms with van der Waals surface area (Å²) in [5.41, 5.74) is 1.98. The van der Waals surface area contributed by atoms with Crippen LogP contribution in [0.25, 0.3) is 0 Å². The summed E-state index contributed by atoms with van der Waals surface area (Å²) in [5, 5.41) is 0. The summed E-state index contributed by atoms with van der Waals surface area (Å²) in [7, 11) is 1.34. The average Bonchev–Trinajstić information content (AvgIpc) is 2.48. The molecule has 1 atom stereocenters. The maximum absolute atomic E-state index is 12.1. The molecule has 0 heterocycles. The van der Waals surface area contributed by atoms with Gasteiger partial charge in [0.15, 0.2) is 0 Å². The molecular formula is C17H16O3. The summed E-state index contributed by atoms with van der Waals surface area (Å²) in [6.45, 7) is 1.53. The number of hydrogen-bond acceptors (Lipinski definition) is 3. The molecule has 0 bridgehead atoms. The van der Waals surface area contributed by atoms with Crippen molar-refractivity contribution in [2.24, 2.45) is 0 Å². The van der Waals surface area contributed by atoms with Gasteiger partial charge in [0.05, 0.1) is 18.6 Å². The Hall–Kier alpha value is -2.42. The molecule has 2 aromatic rings. The lowest BCUT2D eigenvalue weighted by molar-refractivity contribution is -0.117. The molecule has 102 valence electrons. The van der Waals surface area contributed by atoms with Gasteiger partial charge < -0.3 is 4.74 Å². The van der Waals surface area contributed by atoms with Crippen LogP contribution >= 0.6 is 0 Å². The molecule has 0 fully saturated rings. The van der Waals surface area contributed by atoms with Crippen molar-refractivity contribution in [3.8, 4) is 0 Å². The molecule has 0 aliphatic carbocycles. The molecule has 0 aromatic heterocycles. The Morgan fingerprint density at radius 2 is 1.55 bits per heavy atom. The van der Waals surface area contributed by atoms with Crippen LogP contribution in [-0.4, -0.2) is 18.9 Å². The zero-order chi connectivity index (χ0) is 14.5. The third-order valence-electron chi connectivity index (χ3n) is 3.22.